The number of nitrogens with zero attached hydrogens (tertiary/aromatic N) is 1. The molecule has 0 heterocycles. The first-order valence-corrected chi connectivity index (χ1v) is 7.02. The van der Waals surface area contributed by atoms with E-state index in [1.165, 1.54) is 14.1 Å². The van der Waals surface area contributed by atoms with E-state index in [2.05, 4.69) is 15.9 Å². The normalized spacial score (nSPS) is 11.8. The second-order valence-corrected chi connectivity index (χ2v) is 6.10. The van der Waals surface area contributed by atoms with Gasteiger partial charge in [-0.1, -0.05) is 6.07 Å². The molecule has 7 heteroatoms. The summed E-state index contributed by atoms with van der Waals surface area (Å²) in [5.74, 6) is 0.599. The third-order valence-corrected chi connectivity index (χ3v) is 4.01. The highest BCUT2D eigenvalue weighted by Gasteiger charge is 2.17. The van der Waals surface area contributed by atoms with Gasteiger partial charge in [-0.15, -0.1) is 11.6 Å². The van der Waals surface area contributed by atoms with Gasteiger partial charge < -0.3 is 4.18 Å². The van der Waals surface area contributed by atoms with Gasteiger partial charge >= 0.3 is 10.3 Å². The number of rotatable bonds is 4. The molecule has 0 N–H and O–H groups in total. The quantitative estimate of drug-likeness (QED) is 0.797. The van der Waals surface area contributed by atoms with Crippen LogP contribution in [0, 0.1) is 0 Å². The zero-order valence-corrected chi connectivity index (χ0v) is 11.9. The Kier molecular flexibility index (Phi) is 4.61. The van der Waals surface area contributed by atoms with Gasteiger partial charge in [-0.05, 0) is 33.6 Å². The van der Waals surface area contributed by atoms with Crippen molar-refractivity contribution in [2.45, 2.75) is 5.88 Å². The Morgan fingerprint density at radius 3 is 2.50 bits per heavy atom. The third kappa shape index (κ3) is 3.35. The molecule has 0 bridgehead atoms. The van der Waals surface area contributed by atoms with Gasteiger partial charge in [0.15, 0.2) is 5.75 Å². The Balaban J connectivity index is 2.99. The van der Waals surface area contributed by atoms with Crippen molar-refractivity contribution in [1.82, 2.24) is 4.31 Å². The number of alkyl halides is 1. The van der Waals surface area contributed by atoms with Gasteiger partial charge in [-0.25, -0.2) is 0 Å². The van der Waals surface area contributed by atoms with Crippen molar-refractivity contribution in [3.63, 3.8) is 0 Å². The molecule has 0 saturated heterocycles. The Morgan fingerprint density at radius 2 is 2.06 bits per heavy atom. The molecule has 0 amide bonds. The van der Waals surface area contributed by atoms with Gasteiger partial charge in [0.25, 0.3) is 0 Å². The van der Waals surface area contributed by atoms with E-state index >= 15 is 0 Å². The molecule has 0 aliphatic carbocycles. The molecule has 1 aromatic carbocycles. The maximum absolute atomic E-state index is 11.5. The van der Waals surface area contributed by atoms with E-state index in [1.54, 1.807) is 18.2 Å². The summed E-state index contributed by atoms with van der Waals surface area (Å²) in [5, 5.41) is 0. The zero-order valence-electron chi connectivity index (χ0n) is 8.78. The van der Waals surface area contributed by atoms with Gasteiger partial charge in [-0.2, -0.15) is 12.7 Å². The van der Waals surface area contributed by atoms with Crippen LogP contribution in [-0.4, -0.2) is 26.8 Å². The van der Waals surface area contributed by atoms with E-state index in [1.807, 2.05) is 0 Å². The minimum Gasteiger partial charge on any atom is -0.370 e. The summed E-state index contributed by atoms with van der Waals surface area (Å²) in [6.45, 7) is 0. The lowest BCUT2D eigenvalue weighted by molar-refractivity contribution is 0.420. The van der Waals surface area contributed by atoms with E-state index in [0.717, 1.165) is 9.87 Å². The van der Waals surface area contributed by atoms with Crippen molar-refractivity contribution in [2.24, 2.45) is 0 Å². The van der Waals surface area contributed by atoms with Crippen LogP contribution >= 0.6 is 27.5 Å². The Labute approximate surface area is 109 Å². The van der Waals surface area contributed by atoms with Gasteiger partial charge in [0.2, 0.25) is 0 Å². The molecule has 4 nitrogen and oxygen atoms in total. The molecule has 90 valence electrons. The third-order valence-electron chi connectivity index (χ3n) is 1.79. The van der Waals surface area contributed by atoms with Crippen LogP contribution in [0.5, 0.6) is 5.75 Å². The maximum Gasteiger partial charge on any atom is 0.384 e. The highest BCUT2D eigenvalue weighted by Crippen LogP contribution is 2.28. The Hall–Kier alpha value is -0.300. The maximum atomic E-state index is 11.5. The largest absolute Gasteiger partial charge is 0.384 e. The molecule has 1 aromatic rings. The molecule has 0 fully saturated rings. The number of halogens is 2. The monoisotopic (exact) mass is 327 g/mol. The first kappa shape index (κ1) is 13.8. The van der Waals surface area contributed by atoms with Crippen LogP contribution < -0.4 is 4.18 Å². The smallest absolute Gasteiger partial charge is 0.370 e. The van der Waals surface area contributed by atoms with E-state index in [-0.39, 0.29) is 5.75 Å². The highest BCUT2D eigenvalue weighted by atomic mass is 79.9. The van der Waals surface area contributed by atoms with E-state index < -0.39 is 10.3 Å². The van der Waals surface area contributed by atoms with E-state index in [0.29, 0.717) is 10.4 Å². The van der Waals surface area contributed by atoms with Crippen LogP contribution in [0.2, 0.25) is 0 Å². The van der Waals surface area contributed by atoms with Crippen LogP contribution in [0.1, 0.15) is 5.56 Å². The summed E-state index contributed by atoms with van der Waals surface area (Å²) in [6, 6.07) is 4.98. The molecule has 0 atom stereocenters. The van der Waals surface area contributed by atoms with Crippen molar-refractivity contribution < 1.29 is 12.6 Å². The fourth-order valence-corrected chi connectivity index (χ4v) is 2.18. The molecule has 0 aromatic heterocycles. The minimum atomic E-state index is -3.72. The second-order valence-electron chi connectivity index (χ2n) is 3.22. The topological polar surface area (TPSA) is 46.6 Å². The number of benzene rings is 1. The van der Waals surface area contributed by atoms with Crippen molar-refractivity contribution >= 4 is 37.8 Å². The van der Waals surface area contributed by atoms with Gasteiger partial charge in [0.1, 0.15) is 0 Å². The average Bonchev–Trinajstić information content (AvgIpc) is 2.20. The summed E-state index contributed by atoms with van der Waals surface area (Å²) in [4.78, 5) is 0. The average molecular weight is 329 g/mol. The van der Waals surface area contributed by atoms with E-state index in [9.17, 15) is 8.42 Å². The summed E-state index contributed by atoms with van der Waals surface area (Å²) in [5.41, 5.74) is 0.878. The molecule has 16 heavy (non-hydrogen) atoms. The standard InChI is InChI=1S/C9H11BrClNO3S/c1-12(2)16(13,14)15-9-4-3-7(6-11)5-8(9)10/h3-5H,6H2,1-2H3. The van der Waals surface area contributed by atoms with Crippen molar-refractivity contribution in [2.75, 3.05) is 14.1 Å². The van der Waals surface area contributed by atoms with Crippen LogP contribution in [0.25, 0.3) is 0 Å². The van der Waals surface area contributed by atoms with Crippen molar-refractivity contribution in [3.8, 4) is 5.75 Å². The Bertz CT molecular complexity index is 476. The van der Waals surface area contributed by atoms with Crippen LogP contribution in [0.4, 0.5) is 0 Å². The second kappa shape index (κ2) is 5.35. The van der Waals surface area contributed by atoms with Crippen molar-refractivity contribution in [1.29, 1.82) is 0 Å². The molecule has 1 rings (SSSR count). The van der Waals surface area contributed by atoms with E-state index in [4.69, 9.17) is 15.8 Å². The van der Waals surface area contributed by atoms with Crippen LogP contribution in [-0.2, 0) is 16.2 Å². The molecule has 0 saturated carbocycles. The molecule has 0 aliphatic rings. The van der Waals surface area contributed by atoms with Crippen molar-refractivity contribution in [3.05, 3.63) is 28.2 Å². The minimum absolute atomic E-state index is 0.238. The van der Waals surface area contributed by atoms with Crippen LogP contribution in [0.3, 0.4) is 0 Å². The summed E-state index contributed by atoms with van der Waals surface area (Å²) in [6.07, 6.45) is 0. The number of hydrogen-bond acceptors (Lipinski definition) is 3. The SMILES string of the molecule is CN(C)S(=O)(=O)Oc1ccc(CCl)cc1Br. The lowest BCUT2D eigenvalue weighted by atomic mass is 10.2. The highest BCUT2D eigenvalue weighted by molar-refractivity contribution is 9.10. The summed E-state index contributed by atoms with van der Waals surface area (Å²) >= 11 is 8.87. The Morgan fingerprint density at radius 1 is 1.44 bits per heavy atom. The van der Waals surface area contributed by atoms with Gasteiger partial charge in [0, 0.05) is 20.0 Å². The molecule has 0 radical (unpaired) electrons. The fourth-order valence-electron chi connectivity index (χ4n) is 0.883. The molecule has 0 spiro atoms. The molecular formula is C9H11BrClNO3S. The summed E-state index contributed by atoms with van der Waals surface area (Å²) < 4.78 is 29.4. The molecule has 0 unspecified atom stereocenters. The van der Waals surface area contributed by atoms with Crippen LogP contribution in [0.15, 0.2) is 22.7 Å². The number of hydrogen-bond donors (Lipinski definition) is 0. The zero-order chi connectivity index (χ0) is 12.3. The lowest BCUT2D eigenvalue weighted by Gasteiger charge is -2.13. The molecular weight excluding hydrogens is 318 g/mol. The lowest BCUT2D eigenvalue weighted by Crippen LogP contribution is -2.27. The predicted octanol–water partition coefficient (Wildman–Crippen LogP) is 2.37. The first-order chi connectivity index (χ1) is 7.36. The van der Waals surface area contributed by atoms with Gasteiger partial charge in [-0.3, -0.25) is 0 Å². The first-order valence-electron chi connectivity index (χ1n) is 4.33. The molecule has 0 aliphatic heterocycles. The van der Waals surface area contributed by atoms with Gasteiger partial charge in [0.05, 0.1) is 4.47 Å². The fraction of sp³-hybridized carbons (Fsp3) is 0.333. The predicted molar refractivity (Wildman–Crippen MR) is 66.9 cm³/mol. The summed E-state index contributed by atoms with van der Waals surface area (Å²) in [7, 11) is -0.925.